The van der Waals surface area contributed by atoms with E-state index in [2.05, 4.69) is 22.1 Å². The second-order valence-corrected chi connectivity index (χ2v) is 26.1. The van der Waals surface area contributed by atoms with Crippen LogP contribution in [-0.2, 0) is 0 Å². The molecule has 0 unspecified atom stereocenters. The summed E-state index contributed by atoms with van der Waals surface area (Å²) in [4.78, 5) is 4.70. The first-order chi connectivity index (χ1) is 4.00. The van der Waals surface area contributed by atoms with E-state index in [1.54, 1.807) is 0 Å². The third kappa shape index (κ3) is 3.56. The SMILES string of the molecule is C1=C[Se][Se][Se][Se]C=C1. The predicted octanol–water partition coefficient (Wildman–Crippen LogP) is -0.411. The zero-order valence-corrected chi connectivity index (χ0v) is 10.8. The molecule has 0 aromatic carbocycles. The van der Waals surface area contributed by atoms with Gasteiger partial charge in [0.15, 0.2) is 0 Å². The average Bonchev–Trinajstić information content (AvgIpc) is 1.62. The summed E-state index contributed by atoms with van der Waals surface area (Å²) in [5.74, 6) is 0. The van der Waals surface area contributed by atoms with Gasteiger partial charge in [-0.2, -0.15) is 0 Å². The van der Waals surface area contributed by atoms with Crippen molar-refractivity contribution in [3.63, 3.8) is 0 Å². The van der Waals surface area contributed by atoms with Crippen LogP contribution in [0.2, 0.25) is 0 Å². The van der Waals surface area contributed by atoms with Gasteiger partial charge in [-0.05, 0) is 0 Å². The topological polar surface area (TPSA) is 0 Å². The Labute approximate surface area is 70.2 Å². The maximum absolute atomic E-state index is 2.35. The van der Waals surface area contributed by atoms with Crippen LogP contribution in [0.1, 0.15) is 0 Å². The number of rotatable bonds is 0. The van der Waals surface area contributed by atoms with Crippen LogP contribution < -0.4 is 0 Å². The van der Waals surface area contributed by atoms with Crippen molar-refractivity contribution < 1.29 is 0 Å². The molecule has 44 valence electrons. The van der Waals surface area contributed by atoms with Gasteiger partial charge in [0.05, 0.1) is 0 Å². The first-order valence-corrected chi connectivity index (χ1v) is 16.9. The second-order valence-electron chi connectivity index (χ2n) is 0.986. The van der Waals surface area contributed by atoms with Crippen LogP contribution >= 0.6 is 0 Å². The first kappa shape index (κ1) is 7.66. The van der Waals surface area contributed by atoms with Gasteiger partial charge in [-0.3, -0.25) is 0 Å². The molecular weight excluding hydrogens is 364 g/mol. The van der Waals surface area contributed by atoms with E-state index in [1.165, 1.54) is 0 Å². The normalized spacial score (nSPS) is 20.0. The fraction of sp³-hybridized carbons (Fsp3) is 0. The summed E-state index contributed by atoms with van der Waals surface area (Å²) in [5.41, 5.74) is 0. The van der Waals surface area contributed by atoms with Crippen molar-refractivity contribution >= 4 is 48.9 Å². The number of allylic oxidation sites excluding steroid dienone is 2. The minimum atomic E-state index is 0.902. The van der Waals surface area contributed by atoms with Crippen molar-refractivity contribution in [2.45, 2.75) is 0 Å². The van der Waals surface area contributed by atoms with Gasteiger partial charge in [0, 0.05) is 0 Å². The van der Waals surface area contributed by atoms with E-state index in [0.29, 0.717) is 0 Å². The van der Waals surface area contributed by atoms with Crippen molar-refractivity contribution in [3.05, 3.63) is 22.1 Å². The molecule has 1 aliphatic rings. The first-order valence-electron chi connectivity index (χ1n) is 1.97. The van der Waals surface area contributed by atoms with Gasteiger partial charge in [0.1, 0.15) is 0 Å². The summed E-state index contributed by atoms with van der Waals surface area (Å²) >= 11 is 3.89. The van der Waals surface area contributed by atoms with E-state index >= 15 is 0 Å². The van der Waals surface area contributed by atoms with Gasteiger partial charge < -0.3 is 0 Å². The van der Waals surface area contributed by atoms with E-state index < -0.39 is 0 Å². The fourth-order valence-electron chi connectivity index (χ4n) is 0.232. The summed E-state index contributed by atoms with van der Waals surface area (Å²) < 4.78 is 0. The Morgan fingerprint density at radius 3 is 1.75 bits per heavy atom. The van der Waals surface area contributed by atoms with Gasteiger partial charge >= 0.3 is 71.0 Å². The minimum absolute atomic E-state index is 0.902. The molecule has 0 saturated carbocycles. The summed E-state index contributed by atoms with van der Waals surface area (Å²) in [6.45, 7) is 0. The number of hydrogen-bond donors (Lipinski definition) is 0. The average molecular weight is 368 g/mol. The summed E-state index contributed by atoms with van der Waals surface area (Å²) in [7, 11) is 0. The second kappa shape index (κ2) is 5.35. The molecule has 1 aliphatic heterocycles. The van der Waals surface area contributed by atoms with Crippen LogP contribution in [0, 0.1) is 0 Å². The molecule has 0 aromatic rings. The third-order valence-corrected chi connectivity index (χ3v) is 35.2. The standard InChI is InChI=1S/C4H4Se4/c1-2-4-6-8-7-5-3-1/h1-4H. The summed E-state index contributed by atoms with van der Waals surface area (Å²) in [5, 5.41) is 0. The Balaban J connectivity index is 2.33. The van der Waals surface area contributed by atoms with Gasteiger partial charge in [0.25, 0.3) is 0 Å². The van der Waals surface area contributed by atoms with E-state index in [-0.39, 0.29) is 0 Å². The van der Waals surface area contributed by atoms with E-state index in [9.17, 15) is 0 Å². The molecule has 0 atom stereocenters. The maximum atomic E-state index is 2.35. The Morgan fingerprint density at radius 2 is 1.25 bits per heavy atom. The molecule has 0 aliphatic carbocycles. The van der Waals surface area contributed by atoms with Crippen molar-refractivity contribution in [2.24, 2.45) is 0 Å². The Bertz CT molecular complexity index is 92.6. The molecule has 0 fully saturated rings. The molecule has 0 aromatic heterocycles. The van der Waals surface area contributed by atoms with Crippen LogP contribution in [0.15, 0.2) is 22.1 Å². The van der Waals surface area contributed by atoms with Crippen LogP contribution in [0.3, 0.4) is 0 Å². The van der Waals surface area contributed by atoms with Crippen molar-refractivity contribution in [2.75, 3.05) is 0 Å². The number of hydrogen-bond acceptors (Lipinski definition) is 0. The molecular formula is C4H4Se4. The zero-order chi connectivity index (χ0) is 5.66. The quantitative estimate of drug-likeness (QED) is 0.511. The van der Waals surface area contributed by atoms with E-state index in [4.69, 9.17) is 0 Å². The van der Waals surface area contributed by atoms with Crippen LogP contribution in [-0.4, -0.2) is 48.9 Å². The Kier molecular flexibility index (Phi) is 5.13. The van der Waals surface area contributed by atoms with E-state index in [1.807, 2.05) is 0 Å². The summed E-state index contributed by atoms with van der Waals surface area (Å²) in [6.07, 6.45) is 4.41. The van der Waals surface area contributed by atoms with Crippen molar-refractivity contribution in [3.8, 4) is 0 Å². The Hall–Kier alpha value is 1.56. The van der Waals surface area contributed by atoms with Crippen molar-refractivity contribution in [1.82, 2.24) is 0 Å². The van der Waals surface area contributed by atoms with Crippen LogP contribution in [0.25, 0.3) is 0 Å². The molecule has 0 amide bonds. The molecule has 0 nitrogen and oxygen atoms in total. The summed E-state index contributed by atoms with van der Waals surface area (Å²) in [6, 6.07) is 0. The molecule has 0 bridgehead atoms. The predicted molar refractivity (Wildman–Crippen MR) is 41.3 cm³/mol. The van der Waals surface area contributed by atoms with E-state index in [0.717, 1.165) is 48.9 Å². The Morgan fingerprint density at radius 1 is 0.750 bits per heavy atom. The molecule has 8 heavy (non-hydrogen) atoms. The van der Waals surface area contributed by atoms with Gasteiger partial charge in [-0.25, -0.2) is 0 Å². The van der Waals surface area contributed by atoms with Gasteiger partial charge in [0.2, 0.25) is 0 Å². The van der Waals surface area contributed by atoms with Crippen LogP contribution in [0.4, 0.5) is 0 Å². The van der Waals surface area contributed by atoms with Crippen LogP contribution in [0.5, 0.6) is 0 Å². The third-order valence-electron chi connectivity index (χ3n) is 0.486. The van der Waals surface area contributed by atoms with Crippen molar-refractivity contribution in [1.29, 1.82) is 0 Å². The molecule has 0 spiro atoms. The molecule has 0 saturated heterocycles. The molecule has 0 radical (unpaired) electrons. The monoisotopic (exact) mass is 372 g/mol. The van der Waals surface area contributed by atoms with Gasteiger partial charge in [-0.15, -0.1) is 0 Å². The molecule has 1 rings (SSSR count). The molecule has 0 N–H and O–H groups in total. The van der Waals surface area contributed by atoms with Gasteiger partial charge in [-0.1, -0.05) is 0 Å². The zero-order valence-electron chi connectivity index (χ0n) is 3.94. The fourth-order valence-corrected chi connectivity index (χ4v) is 32.0. The molecule has 1 heterocycles. The molecule has 4 heteroatoms.